The lowest BCUT2D eigenvalue weighted by molar-refractivity contribution is 0.0954. The SMILES string of the molecule is O=C(NCCc1ccccn1)c1ccc2cccnc2c1. The summed E-state index contributed by atoms with van der Waals surface area (Å²) < 4.78 is 0. The van der Waals surface area contributed by atoms with Crippen molar-refractivity contribution in [3.63, 3.8) is 0 Å². The normalized spacial score (nSPS) is 10.5. The Hall–Kier alpha value is -2.75. The average Bonchev–Trinajstić information content (AvgIpc) is 2.55. The smallest absolute Gasteiger partial charge is 0.251 e. The van der Waals surface area contributed by atoms with E-state index in [0.29, 0.717) is 12.1 Å². The van der Waals surface area contributed by atoms with Gasteiger partial charge in [-0.3, -0.25) is 14.8 Å². The van der Waals surface area contributed by atoms with Gasteiger partial charge in [0.15, 0.2) is 0 Å². The van der Waals surface area contributed by atoms with Gasteiger partial charge in [0.1, 0.15) is 0 Å². The number of rotatable bonds is 4. The molecule has 2 heterocycles. The number of amides is 1. The van der Waals surface area contributed by atoms with Crippen molar-refractivity contribution in [3.8, 4) is 0 Å². The lowest BCUT2D eigenvalue weighted by Crippen LogP contribution is -2.25. The number of nitrogens with one attached hydrogen (secondary N) is 1. The van der Waals surface area contributed by atoms with E-state index in [9.17, 15) is 4.79 Å². The Kier molecular flexibility index (Phi) is 3.87. The van der Waals surface area contributed by atoms with Crippen molar-refractivity contribution in [2.75, 3.05) is 6.54 Å². The first-order valence-corrected chi connectivity index (χ1v) is 6.86. The molecule has 0 unspecified atom stereocenters. The molecular formula is C17H15N3O. The summed E-state index contributed by atoms with van der Waals surface area (Å²) in [6, 6.07) is 15.2. The van der Waals surface area contributed by atoms with E-state index in [-0.39, 0.29) is 5.91 Å². The molecule has 0 saturated heterocycles. The predicted molar refractivity (Wildman–Crippen MR) is 82.0 cm³/mol. The number of carbonyl (C=O) groups is 1. The number of fused-ring (bicyclic) bond motifs is 1. The van der Waals surface area contributed by atoms with Crippen molar-refractivity contribution in [1.29, 1.82) is 0 Å². The number of nitrogens with zero attached hydrogens (tertiary/aromatic N) is 2. The van der Waals surface area contributed by atoms with Crippen molar-refractivity contribution < 1.29 is 4.79 Å². The minimum absolute atomic E-state index is 0.0847. The van der Waals surface area contributed by atoms with E-state index in [1.165, 1.54) is 0 Å². The summed E-state index contributed by atoms with van der Waals surface area (Å²) in [5, 5.41) is 3.94. The van der Waals surface area contributed by atoms with Crippen molar-refractivity contribution in [2.24, 2.45) is 0 Å². The van der Waals surface area contributed by atoms with Gasteiger partial charge in [-0.25, -0.2) is 0 Å². The number of carbonyl (C=O) groups excluding carboxylic acids is 1. The molecule has 4 nitrogen and oxygen atoms in total. The summed E-state index contributed by atoms with van der Waals surface area (Å²) in [6.45, 7) is 0.566. The molecule has 104 valence electrons. The van der Waals surface area contributed by atoms with Crippen LogP contribution in [0.2, 0.25) is 0 Å². The Morgan fingerprint density at radius 1 is 1.00 bits per heavy atom. The standard InChI is InChI=1S/C17H15N3O/c21-17(20-11-8-15-5-1-2-9-18-15)14-7-6-13-4-3-10-19-16(13)12-14/h1-7,9-10,12H,8,11H2,(H,20,21). The predicted octanol–water partition coefficient (Wildman–Crippen LogP) is 2.60. The maximum Gasteiger partial charge on any atom is 0.251 e. The van der Waals surface area contributed by atoms with Crippen LogP contribution < -0.4 is 5.32 Å². The van der Waals surface area contributed by atoms with Crippen LogP contribution in [0.1, 0.15) is 16.1 Å². The van der Waals surface area contributed by atoms with E-state index in [4.69, 9.17) is 0 Å². The molecule has 0 aliphatic carbocycles. The van der Waals surface area contributed by atoms with Gasteiger partial charge in [0.2, 0.25) is 0 Å². The van der Waals surface area contributed by atoms with Gasteiger partial charge in [-0.2, -0.15) is 0 Å². The monoisotopic (exact) mass is 277 g/mol. The van der Waals surface area contributed by atoms with Crippen LogP contribution in [-0.2, 0) is 6.42 Å². The highest BCUT2D eigenvalue weighted by Gasteiger charge is 2.06. The fraction of sp³-hybridized carbons (Fsp3) is 0.118. The molecule has 0 aliphatic rings. The van der Waals surface area contributed by atoms with Crippen molar-refractivity contribution >= 4 is 16.8 Å². The van der Waals surface area contributed by atoms with Crippen LogP contribution in [0.15, 0.2) is 60.9 Å². The quantitative estimate of drug-likeness (QED) is 0.797. The van der Waals surface area contributed by atoms with Crippen LogP contribution in [0, 0.1) is 0 Å². The number of aromatic nitrogens is 2. The zero-order chi connectivity index (χ0) is 14.5. The number of pyridine rings is 2. The van der Waals surface area contributed by atoms with Gasteiger partial charge in [0.25, 0.3) is 5.91 Å². The lowest BCUT2D eigenvalue weighted by Gasteiger charge is -2.06. The average molecular weight is 277 g/mol. The van der Waals surface area contributed by atoms with E-state index >= 15 is 0 Å². The molecule has 0 aliphatic heterocycles. The van der Waals surface area contributed by atoms with Crippen molar-refractivity contribution in [3.05, 3.63) is 72.2 Å². The molecule has 0 spiro atoms. The highest BCUT2D eigenvalue weighted by molar-refractivity contribution is 5.97. The summed E-state index contributed by atoms with van der Waals surface area (Å²) in [5.74, 6) is -0.0847. The molecule has 0 saturated carbocycles. The molecule has 3 aromatic rings. The van der Waals surface area contributed by atoms with Crippen LogP contribution in [0.5, 0.6) is 0 Å². The van der Waals surface area contributed by atoms with Crippen LogP contribution >= 0.6 is 0 Å². The van der Waals surface area contributed by atoms with E-state index in [2.05, 4.69) is 15.3 Å². The molecule has 3 rings (SSSR count). The maximum absolute atomic E-state index is 12.1. The van der Waals surface area contributed by atoms with Crippen LogP contribution in [0.3, 0.4) is 0 Å². The molecule has 1 aromatic carbocycles. The summed E-state index contributed by atoms with van der Waals surface area (Å²) in [7, 11) is 0. The molecule has 0 fully saturated rings. The van der Waals surface area contributed by atoms with Gasteiger partial charge in [-0.15, -0.1) is 0 Å². The van der Waals surface area contributed by atoms with Gasteiger partial charge >= 0.3 is 0 Å². The first kappa shape index (κ1) is 13.2. The molecule has 1 N–H and O–H groups in total. The Balaban J connectivity index is 1.64. The molecule has 4 heteroatoms. The number of hydrogen-bond acceptors (Lipinski definition) is 3. The maximum atomic E-state index is 12.1. The molecule has 0 radical (unpaired) electrons. The molecule has 1 amide bonds. The second-order valence-corrected chi connectivity index (χ2v) is 4.74. The second-order valence-electron chi connectivity index (χ2n) is 4.74. The summed E-state index contributed by atoms with van der Waals surface area (Å²) in [4.78, 5) is 20.6. The van der Waals surface area contributed by atoms with Crippen LogP contribution in [0.4, 0.5) is 0 Å². The van der Waals surface area contributed by atoms with E-state index in [1.807, 2.05) is 48.5 Å². The van der Waals surface area contributed by atoms with Gasteiger partial charge in [-0.1, -0.05) is 18.2 Å². The Morgan fingerprint density at radius 2 is 1.90 bits per heavy atom. The minimum atomic E-state index is -0.0847. The largest absolute Gasteiger partial charge is 0.352 e. The van der Waals surface area contributed by atoms with Crippen molar-refractivity contribution in [2.45, 2.75) is 6.42 Å². The molecule has 0 atom stereocenters. The summed E-state index contributed by atoms with van der Waals surface area (Å²) in [6.07, 6.45) is 4.20. The van der Waals surface area contributed by atoms with Gasteiger partial charge in [0, 0.05) is 42.0 Å². The highest BCUT2D eigenvalue weighted by atomic mass is 16.1. The zero-order valence-electron chi connectivity index (χ0n) is 11.5. The van der Waals surface area contributed by atoms with Gasteiger partial charge in [0.05, 0.1) is 5.52 Å². The van der Waals surface area contributed by atoms with Gasteiger partial charge < -0.3 is 5.32 Å². The molecule has 0 bridgehead atoms. The third-order valence-corrected chi connectivity index (χ3v) is 3.26. The third kappa shape index (κ3) is 3.23. The fourth-order valence-electron chi connectivity index (χ4n) is 2.16. The molecule has 2 aromatic heterocycles. The number of benzene rings is 1. The molecular weight excluding hydrogens is 262 g/mol. The third-order valence-electron chi connectivity index (χ3n) is 3.26. The van der Waals surface area contributed by atoms with E-state index < -0.39 is 0 Å². The van der Waals surface area contributed by atoms with Crippen LogP contribution in [-0.4, -0.2) is 22.4 Å². The van der Waals surface area contributed by atoms with Crippen LogP contribution in [0.25, 0.3) is 10.9 Å². The van der Waals surface area contributed by atoms with Gasteiger partial charge in [-0.05, 0) is 30.3 Å². The zero-order valence-corrected chi connectivity index (χ0v) is 11.5. The van der Waals surface area contributed by atoms with Crippen molar-refractivity contribution in [1.82, 2.24) is 15.3 Å². The summed E-state index contributed by atoms with van der Waals surface area (Å²) in [5.41, 5.74) is 2.43. The topological polar surface area (TPSA) is 54.9 Å². The second kappa shape index (κ2) is 6.13. The Labute approximate surface area is 122 Å². The Bertz CT molecular complexity index is 756. The highest BCUT2D eigenvalue weighted by Crippen LogP contribution is 2.13. The lowest BCUT2D eigenvalue weighted by atomic mass is 10.1. The number of hydrogen-bond donors (Lipinski definition) is 1. The Morgan fingerprint density at radius 3 is 2.76 bits per heavy atom. The minimum Gasteiger partial charge on any atom is -0.352 e. The van der Waals surface area contributed by atoms with E-state index in [0.717, 1.165) is 23.0 Å². The molecule has 21 heavy (non-hydrogen) atoms. The fourth-order valence-corrected chi connectivity index (χ4v) is 2.16. The van der Waals surface area contributed by atoms with E-state index in [1.54, 1.807) is 12.4 Å². The first-order chi connectivity index (χ1) is 10.3. The summed E-state index contributed by atoms with van der Waals surface area (Å²) >= 11 is 0. The first-order valence-electron chi connectivity index (χ1n) is 6.86.